The van der Waals surface area contributed by atoms with Gasteiger partial charge in [0.2, 0.25) is 5.91 Å². The highest BCUT2D eigenvalue weighted by molar-refractivity contribution is 5.78. The Morgan fingerprint density at radius 3 is 2.64 bits per heavy atom. The van der Waals surface area contributed by atoms with E-state index in [4.69, 9.17) is 10.2 Å². The van der Waals surface area contributed by atoms with Crippen LogP contribution in [0.1, 0.15) is 20.3 Å². The molecule has 14 heavy (non-hydrogen) atoms. The molecule has 0 radical (unpaired) electrons. The predicted molar refractivity (Wildman–Crippen MR) is 53.9 cm³/mol. The quantitative estimate of drug-likeness (QED) is 0.422. The van der Waals surface area contributed by atoms with Crippen molar-refractivity contribution in [3.8, 4) is 0 Å². The Balaban J connectivity index is 3.46. The lowest BCUT2D eigenvalue weighted by Gasteiger charge is -2.12. The van der Waals surface area contributed by atoms with Crippen LogP contribution in [0.3, 0.4) is 0 Å². The van der Waals surface area contributed by atoms with Crippen LogP contribution in [-0.4, -0.2) is 48.0 Å². The van der Waals surface area contributed by atoms with Crippen molar-refractivity contribution in [1.82, 2.24) is 10.6 Å². The number of rotatable bonds is 7. The van der Waals surface area contributed by atoms with E-state index < -0.39 is 6.10 Å². The van der Waals surface area contributed by atoms with Crippen molar-refractivity contribution in [3.05, 3.63) is 0 Å². The van der Waals surface area contributed by atoms with Gasteiger partial charge in [-0.1, -0.05) is 6.92 Å². The van der Waals surface area contributed by atoms with Gasteiger partial charge in [0.15, 0.2) is 0 Å². The van der Waals surface area contributed by atoms with Gasteiger partial charge in [-0.05, 0) is 13.3 Å². The highest BCUT2D eigenvalue weighted by Gasteiger charge is 2.06. The minimum absolute atomic E-state index is 0.0948. The van der Waals surface area contributed by atoms with Crippen LogP contribution in [0.15, 0.2) is 0 Å². The Morgan fingerprint density at radius 1 is 1.50 bits per heavy atom. The summed E-state index contributed by atoms with van der Waals surface area (Å²) < 4.78 is 0. The van der Waals surface area contributed by atoms with Gasteiger partial charge in [-0.15, -0.1) is 0 Å². The van der Waals surface area contributed by atoms with Crippen molar-refractivity contribution in [3.63, 3.8) is 0 Å². The topological polar surface area (TPSA) is 81.6 Å². The van der Waals surface area contributed by atoms with Gasteiger partial charge < -0.3 is 20.8 Å². The standard InChI is InChI=1S/C9H20N2O3/c1-3-7(2)10-5-9(14)11-4-8(13)6-12/h7-8,10,12-13H,3-6H2,1-2H3,(H,11,14)/t7?,8-/m0/s1. The zero-order chi connectivity index (χ0) is 11.0. The van der Waals surface area contributed by atoms with Crippen LogP contribution < -0.4 is 10.6 Å². The smallest absolute Gasteiger partial charge is 0.234 e. The third-order valence-corrected chi connectivity index (χ3v) is 1.97. The Morgan fingerprint density at radius 2 is 2.14 bits per heavy atom. The normalized spacial score (nSPS) is 14.9. The van der Waals surface area contributed by atoms with Crippen LogP contribution in [0.5, 0.6) is 0 Å². The number of hydrogen-bond acceptors (Lipinski definition) is 4. The second kappa shape index (κ2) is 7.73. The Kier molecular flexibility index (Phi) is 7.37. The fourth-order valence-corrected chi connectivity index (χ4v) is 0.770. The van der Waals surface area contributed by atoms with E-state index in [1.54, 1.807) is 0 Å². The summed E-state index contributed by atoms with van der Waals surface area (Å²) in [6.07, 6.45) is 0.0922. The molecule has 5 nitrogen and oxygen atoms in total. The summed E-state index contributed by atoms with van der Waals surface area (Å²) in [5.41, 5.74) is 0. The monoisotopic (exact) mass is 204 g/mol. The molecule has 5 heteroatoms. The van der Waals surface area contributed by atoms with E-state index in [0.29, 0.717) is 6.04 Å². The maximum Gasteiger partial charge on any atom is 0.234 e. The Hall–Kier alpha value is -0.650. The van der Waals surface area contributed by atoms with Gasteiger partial charge >= 0.3 is 0 Å². The molecule has 0 aromatic carbocycles. The first kappa shape index (κ1) is 13.4. The summed E-state index contributed by atoms with van der Waals surface area (Å²) in [6, 6.07) is 0.309. The first-order valence-corrected chi connectivity index (χ1v) is 4.89. The maximum atomic E-state index is 11.1. The van der Waals surface area contributed by atoms with Gasteiger partial charge in [-0.25, -0.2) is 0 Å². The number of nitrogens with one attached hydrogen (secondary N) is 2. The number of hydrogen-bond donors (Lipinski definition) is 4. The molecule has 0 aliphatic heterocycles. The summed E-state index contributed by atoms with van der Waals surface area (Å²) in [4.78, 5) is 11.1. The Bertz CT molecular complexity index is 148. The van der Waals surface area contributed by atoms with Crippen LogP contribution in [-0.2, 0) is 4.79 Å². The van der Waals surface area contributed by atoms with E-state index in [0.717, 1.165) is 6.42 Å². The van der Waals surface area contributed by atoms with Gasteiger partial charge in [0, 0.05) is 12.6 Å². The second-order valence-electron chi connectivity index (χ2n) is 3.33. The van der Waals surface area contributed by atoms with Crippen molar-refractivity contribution < 1.29 is 15.0 Å². The highest BCUT2D eigenvalue weighted by atomic mass is 16.3. The first-order chi connectivity index (χ1) is 6.60. The maximum absolute atomic E-state index is 11.1. The number of amides is 1. The molecule has 0 heterocycles. The number of carbonyl (C=O) groups excluding carboxylic acids is 1. The molecule has 0 aromatic heterocycles. The molecule has 0 aliphatic rings. The summed E-state index contributed by atoms with van der Waals surface area (Å²) in [6.45, 7) is 4.03. The minimum atomic E-state index is -0.873. The first-order valence-electron chi connectivity index (χ1n) is 4.89. The lowest BCUT2D eigenvalue weighted by atomic mass is 10.2. The molecule has 0 aromatic rings. The van der Waals surface area contributed by atoms with Gasteiger partial charge in [-0.2, -0.15) is 0 Å². The Labute approximate surface area is 84.5 Å². The molecule has 84 valence electrons. The zero-order valence-electron chi connectivity index (χ0n) is 8.79. The summed E-state index contributed by atoms with van der Waals surface area (Å²) in [5, 5.41) is 23.0. The van der Waals surface area contributed by atoms with E-state index >= 15 is 0 Å². The van der Waals surface area contributed by atoms with Gasteiger partial charge in [0.05, 0.1) is 19.3 Å². The lowest BCUT2D eigenvalue weighted by Crippen LogP contribution is -2.41. The zero-order valence-corrected chi connectivity index (χ0v) is 8.79. The molecular formula is C9H20N2O3. The molecule has 2 atom stereocenters. The molecule has 0 aliphatic carbocycles. The van der Waals surface area contributed by atoms with E-state index in [1.807, 2.05) is 13.8 Å². The van der Waals surface area contributed by atoms with Crippen molar-refractivity contribution in [2.75, 3.05) is 19.7 Å². The number of aliphatic hydroxyl groups excluding tert-OH is 2. The third-order valence-electron chi connectivity index (χ3n) is 1.97. The van der Waals surface area contributed by atoms with Crippen molar-refractivity contribution in [1.29, 1.82) is 0 Å². The summed E-state index contributed by atoms with van der Waals surface area (Å²) in [5.74, 6) is -0.169. The van der Waals surface area contributed by atoms with Crippen molar-refractivity contribution >= 4 is 5.91 Å². The van der Waals surface area contributed by atoms with E-state index in [9.17, 15) is 4.79 Å². The SMILES string of the molecule is CCC(C)NCC(=O)NC[C@H](O)CO. The van der Waals surface area contributed by atoms with Crippen molar-refractivity contribution in [2.24, 2.45) is 0 Å². The van der Waals surface area contributed by atoms with E-state index in [2.05, 4.69) is 10.6 Å². The number of carbonyl (C=O) groups is 1. The van der Waals surface area contributed by atoms with Crippen LogP contribution in [0.2, 0.25) is 0 Å². The second-order valence-corrected chi connectivity index (χ2v) is 3.33. The summed E-state index contributed by atoms with van der Waals surface area (Å²) >= 11 is 0. The molecule has 4 N–H and O–H groups in total. The van der Waals surface area contributed by atoms with Crippen molar-refractivity contribution in [2.45, 2.75) is 32.4 Å². The van der Waals surface area contributed by atoms with Crippen LogP contribution in [0.25, 0.3) is 0 Å². The van der Waals surface area contributed by atoms with Crippen LogP contribution >= 0.6 is 0 Å². The van der Waals surface area contributed by atoms with E-state index in [1.165, 1.54) is 0 Å². The largest absolute Gasteiger partial charge is 0.394 e. The fraction of sp³-hybridized carbons (Fsp3) is 0.889. The van der Waals surface area contributed by atoms with E-state index in [-0.39, 0.29) is 25.6 Å². The van der Waals surface area contributed by atoms with Crippen LogP contribution in [0.4, 0.5) is 0 Å². The van der Waals surface area contributed by atoms with Crippen LogP contribution in [0, 0.1) is 0 Å². The highest BCUT2D eigenvalue weighted by Crippen LogP contribution is 1.85. The minimum Gasteiger partial charge on any atom is -0.394 e. The molecule has 1 amide bonds. The molecule has 0 spiro atoms. The van der Waals surface area contributed by atoms with Gasteiger partial charge in [0.1, 0.15) is 0 Å². The lowest BCUT2D eigenvalue weighted by molar-refractivity contribution is -0.120. The fourth-order valence-electron chi connectivity index (χ4n) is 0.770. The molecule has 1 unspecified atom stereocenters. The predicted octanol–water partition coefficient (Wildman–Crippen LogP) is -1.16. The molecule has 0 saturated heterocycles. The summed E-state index contributed by atoms with van der Waals surface area (Å²) in [7, 11) is 0. The average molecular weight is 204 g/mol. The van der Waals surface area contributed by atoms with Gasteiger partial charge in [0.25, 0.3) is 0 Å². The third kappa shape index (κ3) is 6.82. The average Bonchev–Trinajstić information content (AvgIpc) is 2.22. The van der Waals surface area contributed by atoms with Gasteiger partial charge in [-0.3, -0.25) is 4.79 Å². The molecular weight excluding hydrogens is 184 g/mol. The molecule has 0 saturated carbocycles. The molecule has 0 rings (SSSR count). The number of aliphatic hydroxyl groups is 2. The molecule has 0 fully saturated rings. The molecule has 0 bridgehead atoms.